The van der Waals surface area contributed by atoms with Gasteiger partial charge in [-0.05, 0) is 36.5 Å². The van der Waals surface area contributed by atoms with Crippen molar-refractivity contribution in [3.63, 3.8) is 0 Å². The SMILES string of the molecule is [B]c1cc(O)c(-c2cnc(C(=O)NC([B])(O)C(=O)O)c(C3CCC3)c2)c([B])c1Cl. The number of aromatic hydroxyl groups is 1. The Morgan fingerprint density at radius 2 is 1.93 bits per heavy atom. The lowest BCUT2D eigenvalue weighted by atomic mass is 9.77. The van der Waals surface area contributed by atoms with Gasteiger partial charge >= 0.3 is 5.97 Å². The lowest BCUT2D eigenvalue weighted by Gasteiger charge is -2.29. The summed E-state index contributed by atoms with van der Waals surface area (Å²) in [5.74, 6) is -2.98. The van der Waals surface area contributed by atoms with Gasteiger partial charge in [0.25, 0.3) is 5.91 Å². The van der Waals surface area contributed by atoms with Crippen LogP contribution in [-0.2, 0) is 4.79 Å². The molecule has 1 aromatic carbocycles. The molecule has 0 spiro atoms. The van der Waals surface area contributed by atoms with Crippen LogP contribution in [0.1, 0.15) is 41.2 Å². The van der Waals surface area contributed by atoms with E-state index in [-0.39, 0.29) is 38.9 Å². The average Bonchev–Trinajstić information content (AvgIpc) is 2.58. The number of pyridine rings is 1. The predicted molar refractivity (Wildman–Crippen MR) is 110 cm³/mol. The Hall–Kier alpha value is -2.45. The highest BCUT2D eigenvalue weighted by Crippen LogP contribution is 2.40. The van der Waals surface area contributed by atoms with Crippen molar-refractivity contribution < 1.29 is 24.9 Å². The largest absolute Gasteiger partial charge is 0.507 e. The van der Waals surface area contributed by atoms with Crippen LogP contribution in [0.15, 0.2) is 18.3 Å². The van der Waals surface area contributed by atoms with Crippen molar-refractivity contribution >= 4 is 57.9 Å². The summed E-state index contributed by atoms with van der Waals surface area (Å²) in [6.45, 7) is 0. The Morgan fingerprint density at radius 1 is 1.28 bits per heavy atom. The summed E-state index contributed by atoms with van der Waals surface area (Å²) < 4.78 is 0. The Bertz CT molecular complexity index is 1010. The highest BCUT2D eigenvalue weighted by atomic mass is 35.5. The molecular weight excluding hydrogens is 392 g/mol. The number of amides is 1. The lowest BCUT2D eigenvalue weighted by Crippen LogP contribution is -2.55. The molecule has 1 fully saturated rings. The number of carbonyl (C=O) groups is 2. The summed E-state index contributed by atoms with van der Waals surface area (Å²) in [6.07, 6.45) is 3.82. The fourth-order valence-corrected chi connectivity index (χ4v) is 3.26. The second-order valence-electron chi connectivity index (χ2n) is 6.90. The molecular formula is C18H14B3ClN2O5. The zero-order chi connectivity index (χ0) is 21.5. The first-order valence-electron chi connectivity index (χ1n) is 8.66. The molecule has 11 heteroatoms. The van der Waals surface area contributed by atoms with Crippen LogP contribution in [-0.4, -0.2) is 61.3 Å². The van der Waals surface area contributed by atoms with Gasteiger partial charge < -0.3 is 20.6 Å². The van der Waals surface area contributed by atoms with Crippen LogP contribution in [0.25, 0.3) is 11.1 Å². The van der Waals surface area contributed by atoms with E-state index in [0.29, 0.717) is 11.1 Å². The fraction of sp³-hybridized carbons (Fsp3) is 0.278. The molecule has 7 nitrogen and oxygen atoms in total. The topological polar surface area (TPSA) is 120 Å². The van der Waals surface area contributed by atoms with Gasteiger partial charge in [-0.1, -0.05) is 28.9 Å². The molecule has 142 valence electrons. The molecule has 4 N–H and O–H groups in total. The van der Waals surface area contributed by atoms with Gasteiger partial charge in [-0.25, -0.2) is 4.79 Å². The van der Waals surface area contributed by atoms with Crippen molar-refractivity contribution in [2.24, 2.45) is 0 Å². The van der Waals surface area contributed by atoms with E-state index < -0.39 is 17.5 Å². The molecule has 3 rings (SSSR count). The number of carboxylic acid groups (broad SMARTS) is 1. The zero-order valence-electron chi connectivity index (χ0n) is 15.1. The number of carbonyl (C=O) groups excluding carboxylic acids is 1. The van der Waals surface area contributed by atoms with E-state index in [1.54, 1.807) is 6.07 Å². The van der Waals surface area contributed by atoms with E-state index in [9.17, 15) is 19.8 Å². The number of nitrogens with one attached hydrogen (secondary N) is 1. The van der Waals surface area contributed by atoms with Crippen molar-refractivity contribution in [3.8, 4) is 16.9 Å². The fourth-order valence-electron chi connectivity index (χ4n) is 3.11. The maximum absolute atomic E-state index is 12.5. The number of hydrogen-bond donors (Lipinski definition) is 4. The summed E-state index contributed by atoms with van der Waals surface area (Å²) in [5.41, 5.74) is -1.72. The molecule has 2 aromatic rings. The molecule has 1 aliphatic carbocycles. The van der Waals surface area contributed by atoms with E-state index in [1.165, 1.54) is 12.3 Å². The van der Waals surface area contributed by atoms with Crippen molar-refractivity contribution in [2.45, 2.75) is 30.8 Å². The number of carboxylic acids is 1. The summed E-state index contributed by atoms with van der Waals surface area (Å²) >= 11 is 6.09. The second kappa shape index (κ2) is 7.76. The number of aromatic nitrogens is 1. The van der Waals surface area contributed by atoms with Crippen LogP contribution >= 0.6 is 11.6 Å². The first kappa shape index (κ1) is 21.3. The second-order valence-corrected chi connectivity index (χ2v) is 7.28. The van der Waals surface area contributed by atoms with Gasteiger partial charge in [-0.3, -0.25) is 9.78 Å². The van der Waals surface area contributed by atoms with Gasteiger partial charge in [-0.15, -0.1) is 0 Å². The number of aliphatic hydroxyl groups is 1. The minimum atomic E-state index is -2.94. The van der Waals surface area contributed by atoms with Crippen LogP contribution in [0.5, 0.6) is 5.75 Å². The van der Waals surface area contributed by atoms with E-state index >= 15 is 0 Å². The van der Waals surface area contributed by atoms with Crippen molar-refractivity contribution in [1.29, 1.82) is 0 Å². The molecule has 1 heterocycles. The highest BCUT2D eigenvalue weighted by Gasteiger charge is 2.34. The quantitative estimate of drug-likeness (QED) is 0.396. The number of nitrogens with zero attached hydrogens (tertiary/aromatic N) is 1. The summed E-state index contributed by atoms with van der Waals surface area (Å²) in [5, 5.41) is 30.7. The van der Waals surface area contributed by atoms with E-state index in [1.807, 2.05) is 5.32 Å². The van der Waals surface area contributed by atoms with Crippen LogP contribution in [0.2, 0.25) is 5.02 Å². The molecule has 1 amide bonds. The molecule has 1 saturated carbocycles. The third kappa shape index (κ3) is 4.00. The lowest BCUT2D eigenvalue weighted by molar-refractivity contribution is -0.151. The number of phenolic OH excluding ortho intramolecular Hbond substituents is 1. The Labute approximate surface area is 175 Å². The summed E-state index contributed by atoms with van der Waals surface area (Å²) in [6, 6.07) is 2.89. The number of benzene rings is 1. The van der Waals surface area contributed by atoms with Crippen molar-refractivity contribution in [1.82, 2.24) is 10.3 Å². The number of aliphatic carboxylic acids is 1. The van der Waals surface area contributed by atoms with Crippen molar-refractivity contribution in [2.75, 3.05) is 0 Å². The number of halogens is 1. The minimum Gasteiger partial charge on any atom is -0.507 e. The van der Waals surface area contributed by atoms with Gasteiger partial charge in [0.1, 0.15) is 27.1 Å². The summed E-state index contributed by atoms with van der Waals surface area (Å²) in [7, 11) is 16.9. The molecule has 1 unspecified atom stereocenters. The Balaban J connectivity index is 2.08. The normalized spacial score (nSPS) is 15.9. The van der Waals surface area contributed by atoms with E-state index in [4.69, 9.17) is 40.2 Å². The van der Waals surface area contributed by atoms with Gasteiger partial charge in [0.2, 0.25) is 0 Å². The van der Waals surface area contributed by atoms with E-state index in [2.05, 4.69) is 4.98 Å². The summed E-state index contributed by atoms with van der Waals surface area (Å²) in [4.78, 5) is 27.6. The number of hydrogen-bond acceptors (Lipinski definition) is 5. The maximum atomic E-state index is 12.5. The molecule has 0 saturated heterocycles. The van der Waals surface area contributed by atoms with Crippen LogP contribution in [0.4, 0.5) is 0 Å². The number of phenols is 1. The first-order valence-corrected chi connectivity index (χ1v) is 9.04. The third-order valence-corrected chi connectivity index (χ3v) is 5.33. The van der Waals surface area contributed by atoms with Crippen LogP contribution in [0.3, 0.4) is 0 Å². The maximum Gasteiger partial charge on any atom is 0.345 e. The Kier molecular flexibility index (Phi) is 5.69. The molecule has 0 aliphatic heterocycles. The van der Waals surface area contributed by atoms with Crippen LogP contribution in [0, 0.1) is 0 Å². The predicted octanol–water partition coefficient (Wildman–Crippen LogP) is -0.408. The molecule has 1 aliphatic rings. The zero-order valence-corrected chi connectivity index (χ0v) is 15.9. The molecule has 6 radical (unpaired) electrons. The van der Waals surface area contributed by atoms with Gasteiger partial charge in [0.05, 0.1) is 0 Å². The monoisotopic (exact) mass is 406 g/mol. The average molecular weight is 406 g/mol. The highest BCUT2D eigenvalue weighted by molar-refractivity contribution is 6.54. The smallest absolute Gasteiger partial charge is 0.345 e. The van der Waals surface area contributed by atoms with Gasteiger partial charge in [0.15, 0.2) is 13.5 Å². The Morgan fingerprint density at radius 3 is 2.48 bits per heavy atom. The first-order chi connectivity index (χ1) is 13.5. The minimum absolute atomic E-state index is 0.00786. The molecule has 29 heavy (non-hydrogen) atoms. The van der Waals surface area contributed by atoms with Gasteiger partial charge in [0, 0.05) is 22.3 Å². The molecule has 1 atom stereocenters. The standard InChI is InChI=1S/C18H14B3ClN2O5/c19-10-5-11(25)12(13(20)14(10)22)8-4-9(7-2-1-3-7)15(23-6-8)16(26)24-18(21,29)17(27)28/h4-7,25,29H,1-3H2,(H,24,26)(H,27,28). The van der Waals surface area contributed by atoms with E-state index in [0.717, 1.165) is 19.3 Å². The third-order valence-electron chi connectivity index (χ3n) is 4.90. The van der Waals surface area contributed by atoms with Gasteiger partial charge in [-0.2, -0.15) is 0 Å². The number of rotatable bonds is 5. The molecule has 1 aromatic heterocycles. The van der Waals surface area contributed by atoms with Crippen LogP contribution < -0.4 is 16.2 Å². The van der Waals surface area contributed by atoms with Crippen molar-refractivity contribution in [3.05, 3.63) is 34.6 Å². The molecule has 0 bridgehead atoms.